The molecule has 2 aromatic carbocycles. The van der Waals surface area contributed by atoms with Crippen molar-refractivity contribution in [1.82, 2.24) is 25.3 Å². The van der Waals surface area contributed by atoms with Crippen LogP contribution in [0.3, 0.4) is 0 Å². The molecule has 5 aromatic rings. The number of fused-ring (bicyclic) bond motifs is 1. The van der Waals surface area contributed by atoms with Crippen LogP contribution in [0.5, 0.6) is 0 Å². The van der Waals surface area contributed by atoms with E-state index in [4.69, 9.17) is 22.2 Å². The molecular formula is C26H20N6S. The monoisotopic (exact) mass is 448 g/mol. The van der Waals surface area contributed by atoms with Crippen molar-refractivity contribution in [3.05, 3.63) is 103 Å². The van der Waals surface area contributed by atoms with Crippen LogP contribution in [0.4, 0.5) is 5.69 Å². The molecule has 0 atom stereocenters. The highest BCUT2D eigenvalue weighted by molar-refractivity contribution is 7.80. The second kappa shape index (κ2) is 9.50. The largest absolute Gasteiger partial charge is 0.358 e. The first-order chi connectivity index (χ1) is 16.3. The molecule has 0 aliphatic carbocycles. The number of aromatic nitrogens is 4. The van der Waals surface area contributed by atoms with Gasteiger partial charge in [-0.1, -0.05) is 42.5 Å². The second-order valence-corrected chi connectivity index (χ2v) is 7.76. The average Bonchev–Trinajstić information content (AvgIpc) is 2.88. The fourth-order valence-electron chi connectivity index (χ4n) is 3.45. The minimum Gasteiger partial charge on any atom is -0.358 e. The van der Waals surface area contributed by atoms with Gasteiger partial charge in [0.25, 0.3) is 0 Å². The molecule has 0 spiro atoms. The Morgan fingerprint density at radius 2 is 1.33 bits per heavy atom. The number of benzene rings is 2. The number of rotatable bonds is 5. The van der Waals surface area contributed by atoms with Gasteiger partial charge in [0.15, 0.2) is 5.11 Å². The zero-order valence-corrected chi connectivity index (χ0v) is 18.5. The van der Waals surface area contributed by atoms with Crippen LogP contribution in [0.1, 0.15) is 5.56 Å². The number of hydrogen-bond donors (Lipinski definition) is 2. The maximum Gasteiger partial charge on any atom is 0.171 e. The SMILES string of the molecule is S=C(NCc1ccccc1)Nc1ccc2nc(-c3ccccn3)c(-c3ccccn3)nc2c1. The van der Waals surface area contributed by atoms with Gasteiger partial charge < -0.3 is 10.6 Å². The van der Waals surface area contributed by atoms with Gasteiger partial charge in [-0.2, -0.15) is 0 Å². The molecule has 0 saturated carbocycles. The van der Waals surface area contributed by atoms with Gasteiger partial charge in [-0.15, -0.1) is 0 Å². The molecule has 0 fully saturated rings. The van der Waals surface area contributed by atoms with E-state index in [0.717, 1.165) is 33.7 Å². The van der Waals surface area contributed by atoms with Crippen LogP contribution in [-0.2, 0) is 6.54 Å². The summed E-state index contributed by atoms with van der Waals surface area (Å²) in [5, 5.41) is 7.01. The van der Waals surface area contributed by atoms with Gasteiger partial charge in [0.05, 0.1) is 22.4 Å². The van der Waals surface area contributed by atoms with Crippen molar-refractivity contribution in [3.8, 4) is 22.8 Å². The molecule has 0 unspecified atom stereocenters. The normalized spacial score (nSPS) is 10.7. The number of anilines is 1. The van der Waals surface area contributed by atoms with Crippen molar-refractivity contribution in [3.63, 3.8) is 0 Å². The van der Waals surface area contributed by atoms with E-state index in [1.807, 2.05) is 72.8 Å². The predicted octanol–water partition coefficient (Wildman–Crippen LogP) is 5.24. The summed E-state index contributed by atoms with van der Waals surface area (Å²) in [4.78, 5) is 18.8. The summed E-state index contributed by atoms with van der Waals surface area (Å²) in [6.45, 7) is 0.650. The lowest BCUT2D eigenvalue weighted by Gasteiger charge is -2.12. The maximum absolute atomic E-state index is 5.47. The molecular weight excluding hydrogens is 428 g/mol. The van der Waals surface area contributed by atoms with Crippen molar-refractivity contribution in [2.75, 3.05) is 5.32 Å². The van der Waals surface area contributed by atoms with Crippen molar-refractivity contribution in [2.24, 2.45) is 0 Å². The van der Waals surface area contributed by atoms with Crippen LogP contribution < -0.4 is 10.6 Å². The van der Waals surface area contributed by atoms with E-state index in [-0.39, 0.29) is 0 Å². The molecule has 3 heterocycles. The number of thiocarbonyl (C=S) groups is 1. The van der Waals surface area contributed by atoms with Gasteiger partial charge in [-0.25, -0.2) is 9.97 Å². The minimum atomic E-state index is 0.543. The topological polar surface area (TPSA) is 75.6 Å². The molecule has 0 radical (unpaired) electrons. The lowest BCUT2D eigenvalue weighted by atomic mass is 10.1. The summed E-state index contributed by atoms with van der Waals surface area (Å²) >= 11 is 5.47. The van der Waals surface area contributed by atoms with Crippen molar-refractivity contribution < 1.29 is 0 Å². The summed E-state index contributed by atoms with van der Waals surface area (Å²) in [6.07, 6.45) is 3.50. The average molecular weight is 449 g/mol. The van der Waals surface area contributed by atoms with Gasteiger partial charge in [0.2, 0.25) is 0 Å². The maximum atomic E-state index is 5.47. The fourth-order valence-corrected chi connectivity index (χ4v) is 3.64. The van der Waals surface area contributed by atoms with Gasteiger partial charge in [0.1, 0.15) is 11.4 Å². The minimum absolute atomic E-state index is 0.543. The molecule has 0 aliphatic rings. The van der Waals surface area contributed by atoms with Gasteiger partial charge >= 0.3 is 0 Å². The predicted molar refractivity (Wildman–Crippen MR) is 136 cm³/mol. The zero-order valence-electron chi connectivity index (χ0n) is 17.6. The Hall–Kier alpha value is -4.23. The quantitative estimate of drug-likeness (QED) is 0.356. The van der Waals surface area contributed by atoms with Crippen LogP contribution in [-0.4, -0.2) is 25.0 Å². The van der Waals surface area contributed by atoms with E-state index < -0.39 is 0 Å². The van der Waals surface area contributed by atoms with Crippen LogP contribution >= 0.6 is 12.2 Å². The summed E-state index contributed by atoms with van der Waals surface area (Å²) < 4.78 is 0. The highest BCUT2D eigenvalue weighted by Gasteiger charge is 2.15. The Labute approximate surface area is 196 Å². The van der Waals surface area contributed by atoms with Crippen molar-refractivity contribution in [2.45, 2.75) is 6.54 Å². The molecule has 0 amide bonds. The highest BCUT2D eigenvalue weighted by Crippen LogP contribution is 2.29. The van der Waals surface area contributed by atoms with E-state index in [2.05, 4.69) is 32.7 Å². The van der Waals surface area contributed by atoms with Gasteiger partial charge in [0, 0.05) is 24.6 Å². The third kappa shape index (κ3) is 4.83. The van der Waals surface area contributed by atoms with E-state index >= 15 is 0 Å². The molecule has 33 heavy (non-hydrogen) atoms. The van der Waals surface area contributed by atoms with E-state index in [1.54, 1.807) is 12.4 Å². The van der Waals surface area contributed by atoms with Gasteiger partial charge in [-0.05, 0) is 60.2 Å². The first-order valence-electron chi connectivity index (χ1n) is 10.5. The van der Waals surface area contributed by atoms with Crippen molar-refractivity contribution in [1.29, 1.82) is 0 Å². The third-order valence-corrected chi connectivity index (χ3v) is 5.28. The molecule has 6 nitrogen and oxygen atoms in total. The smallest absolute Gasteiger partial charge is 0.171 e. The lowest BCUT2D eigenvalue weighted by Crippen LogP contribution is -2.27. The Kier molecular flexibility index (Phi) is 5.95. The molecule has 7 heteroatoms. The Morgan fingerprint density at radius 1 is 0.697 bits per heavy atom. The summed E-state index contributed by atoms with van der Waals surface area (Å²) in [5.74, 6) is 0. The first-order valence-corrected chi connectivity index (χ1v) is 10.9. The Balaban J connectivity index is 1.46. The lowest BCUT2D eigenvalue weighted by molar-refractivity contribution is 0.926. The number of nitrogens with one attached hydrogen (secondary N) is 2. The number of hydrogen-bond acceptors (Lipinski definition) is 5. The van der Waals surface area contributed by atoms with Crippen LogP contribution in [0.2, 0.25) is 0 Å². The Morgan fingerprint density at radius 3 is 1.97 bits per heavy atom. The molecule has 0 aliphatic heterocycles. The number of nitrogens with zero attached hydrogens (tertiary/aromatic N) is 4. The molecule has 160 valence electrons. The molecule has 0 saturated heterocycles. The second-order valence-electron chi connectivity index (χ2n) is 7.35. The Bertz CT molecular complexity index is 1390. The summed E-state index contributed by atoms with van der Waals surface area (Å²) in [5.41, 5.74) is 6.38. The van der Waals surface area contributed by atoms with Crippen molar-refractivity contribution >= 4 is 34.1 Å². The highest BCUT2D eigenvalue weighted by atomic mass is 32.1. The molecule has 3 aromatic heterocycles. The van der Waals surface area contributed by atoms with E-state index in [9.17, 15) is 0 Å². The van der Waals surface area contributed by atoms with Gasteiger partial charge in [-0.3, -0.25) is 9.97 Å². The zero-order chi connectivity index (χ0) is 22.5. The van der Waals surface area contributed by atoms with Crippen LogP contribution in [0, 0.1) is 0 Å². The standard InChI is InChI=1S/C26H20N6S/c33-26(29-17-18-8-2-1-3-9-18)30-19-12-13-20-23(16-19)32-25(22-11-5-7-15-28-22)24(31-20)21-10-4-6-14-27-21/h1-16H,17H2,(H2,29,30,33). The summed E-state index contributed by atoms with van der Waals surface area (Å²) in [6, 6.07) is 27.4. The van der Waals surface area contributed by atoms with Crippen LogP contribution in [0.15, 0.2) is 97.3 Å². The third-order valence-electron chi connectivity index (χ3n) is 5.03. The summed E-state index contributed by atoms with van der Waals surface area (Å²) in [7, 11) is 0. The molecule has 5 rings (SSSR count). The first kappa shape index (κ1) is 20.7. The fraction of sp³-hybridized carbons (Fsp3) is 0.0385. The molecule has 0 bridgehead atoms. The van der Waals surface area contributed by atoms with Crippen LogP contribution in [0.25, 0.3) is 33.8 Å². The van der Waals surface area contributed by atoms with E-state index in [1.165, 1.54) is 0 Å². The number of pyridine rings is 2. The molecule has 2 N–H and O–H groups in total. The van der Waals surface area contributed by atoms with E-state index in [0.29, 0.717) is 23.0 Å².